The topological polar surface area (TPSA) is 42.2 Å². The molecule has 0 bridgehead atoms. The fourth-order valence-corrected chi connectivity index (χ4v) is 2.24. The first-order chi connectivity index (χ1) is 8.56. The molecule has 0 saturated carbocycles. The van der Waals surface area contributed by atoms with Crippen LogP contribution in [-0.2, 0) is 7.05 Å². The van der Waals surface area contributed by atoms with E-state index in [0.717, 1.165) is 10.2 Å². The van der Waals surface area contributed by atoms with E-state index >= 15 is 0 Å². The molecule has 1 heterocycles. The van der Waals surface area contributed by atoms with Gasteiger partial charge in [0.05, 0.1) is 21.4 Å². The minimum absolute atomic E-state index is 0.514. The summed E-state index contributed by atoms with van der Waals surface area (Å²) in [7, 11) is 1.84. The lowest BCUT2D eigenvalue weighted by atomic mass is 10.3. The van der Waals surface area contributed by atoms with E-state index in [1.165, 1.54) is 0 Å². The Labute approximate surface area is 123 Å². The van der Waals surface area contributed by atoms with E-state index in [1.54, 1.807) is 29.1 Å². The van der Waals surface area contributed by atoms with Gasteiger partial charge >= 0.3 is 0 Å². The van der Waals surface area contributed by atoms with Crippen LogP contribution in [0.4, 0.5) is 5.69 Å². The lowest BCUT2D eigenvalue weighted by molar-refractivity contribution is 0.765. The van der Waals surface area contributed by atoms with Crippen LogP contribution in [0.5, 0.6) is 0 Å². The van der Waals surface area contributed by atoms with Crippen molar-refractivity contribution in [2.75, 3.05) is 5.43 Å². The Morgan fingerprint density at radius 2 is 2.22 bits per heavy atom. The number of halogens is 3. The molecule has 0 spiro atoms. The Kier molecular flexibility index (Phi) is 4.27. The third-order valence-electron chi connectivity index (χ3n) is 2.11. The first-order valence-corrected chi connectivity index (χ1v) is 6.54. The van der Waals surface area contributed by atoms with Crippen molar-refractivity contribution in [3.05, 3.63) is 44.6 Å². The molecule has 0 radical (unpaired) electrons. The molecule has 18 heavy (non-hydrogen) atoms. The van der Waals surface area contributed by atoms with Crippen LogP contribution < -0.4 is 5.43 Å². The van der Waals surface area contributed by atoms with Gasteiger partial charge in [-0.05, 0) is 34.1 Å². The van der Waals surface area contributed by atoms with Crippen LogP contribution in [0.2, 0.25) is 10.0 Å². The quantitative estimate of drug-likeness (QED) is 0.675. The zero-order valence-corrected chi connectivity index (χ0v) is 12.5. The predicted octanol–water partition coefficient (Wildman–Crippen LogP) is 3.94. The standard InChI is InChI=1S/C11H9BrCl2N4/c1-18-6-8(12)11(17-18)5-15-16-10-3-2-7(13)4-9(10)14/h2-6,16H,1H3. The fourth-order valence-electron chi connectivity index (χ4n) is 1.31. The molecule has 0 saturated heterocycles. The smallest absolute Gasteiger partial charge is 0.119 e. The average molecular weight is 348 g/mol. The van der Waals surface area contributed by atoms with Crippen molar-refractivity contribution in [1.29, 1.82) is 0 Å². The normalized spacial score (nSPS) is 11.1. The van der Waals surface area contributed by atoms with Crippen LogP contribution in [0.3, 0.4) is 0 Å². The molecule has 0 amide bonds. The molecule has 1 aromatic heterocycles. The van der Waals surface area contributed by atoms with Gasteiger partial charge in [-0.25, -0.2) is 0 Å². The monoisotopic (exact) mass is 346 g/mol. The van der Waals surface area contributed by atoms with E-state index in [4.69, 9.17) is 23.2 Å². The Hall–Kier alpha value is -1.04. The summed E-state index contributed by atoms with van der Waals surface area (Å²) in [5.74, 6) is 0. The van der Waals surface area contributed by atoms with Gasteiger partial charge in [0.25, 0.3) is 0 Å². The first-order valence-electron chi connectivity index (χ1n) is 4.99. The van der Waals surface area contributed by atoms with Gasteiger partial charge in [-0.1, -0.05) is 23.2 Å². The van der Waals surface area contributed by atoms with E-state index in [9.17, 15) is 0 Å². The van der Waals surface area contributed by atoms with Gasteiger partial charge in [0.1, 0.15) is 5.69 Å². The molecule has 0 aliphatic rings. The maximum Gasteiger partial charge on any atom is 0.119 e. The van der Waals surface area contributed by atoms with Gasteiger partial charge in [-0.15, -0.1) is 0 Å². The summed E-state index contributed by atoms with van der Waals surface area (Å²) in [5.41, 5.74) is 4.25. The summed E-state index contributed by atoms with van der Waals surface area (Å²) < 4.78 is 2.57. The van der Waals surface area contributed by atoms with Gasteiger partial charge in [0.15, 0.2) is 0 Å². The minimum atomic E-state index is 0.514. The molecule has 94 valence electrons. The zero-order valence-electron chi connectivity index (χ0n) is 9.36. The van der Waals surface area contributed by atoms with Crippen LogP contribution in [0.25, 0.3) is 0 Å². The lowest BCUT2D eigenvalue weighted by Crippen LogP contribution is -1.94. The number of nitrogens with one attached hydrogen (secondary N) is 1. The highest BCUT2D eigenvalue weighted by Gasteiger charge is 2.02. The second-order valence-electron chi connectivity index (χ2n) is 3.53. The third-order valence-corrected chi connectivity index (χ3v) is 3.27. The number of nitrogens with zero attached hydrogens (tertiary/aromatic N) is 3. The van der Waals surface area contributed by atoms with E-state index in [2.05, 4.69) is 31.6 Å². The second-order valence-corrected chi connectivity index (χ2v) is 5.23. The molecule has 2 rings (SSSR count). The van der Waals surface area contributed by atoms with Crippen molar-refractivity contribution in [2.45, 2.75) is 0 Å². The molecular weight excluding hydrogens is 339 g/mol. The molecule has 7 heteroatoms. The minimum Gasteiger partial charge on any atom is -0.277 e. The van der Waals surface area contributed by atoms with Crippen LogP contribution in [0.15, 0.2) is 34.0 Å². The Morgan fingerprint density at radius 1 is 1.44 bits per heavy atom. The van der Waals surface area contributed by atoms with E-state index in [1.807, 2.05) is 13.2 Å². The number of aromatic nitrogens is 2. The number of anilines is 1. The molecule has 4 nitrogen and oxygen atoms in total. The van der Waals surface area contributed by atoms with Crippen molar-refractivity contribution in [2.24, 2.45) is 12.1 Å². The van der Waals surface area contributed by atoms with E-state index < -0.39 is 0 Å². The Morgan fingerprint density at radius 3 is 2.83 bits per heavy atom. The number of hydrogen-bond donors (Lipinski definition) is 1. The molecule has 1 aromatic carbocycles. The molecule has 0 atom stereocenters. The summed E-state index contributed by atoms with van der Waals surface area (Å²) in [6.07, 6.45) is 3.45. The maximum absolute atomic E-state index is 6.00. The van der Waals surface area contributed by atoms with Crippen molar-refractivity contribution >= 4 is 51.0 Å². The largest absolute Gasteiger partial charge is 0.277 e. The molecule has 0 unspecified atom stereocenters. The van der Waals surface area contributed by atoms with Crippen molar-refractivity contribution in [3.8, 4) is 0 Å². The van der Waals surface area contributed by atoms with Crippen LogP contribution in [0, 0.1) is 0 Å². The summed E-state index contributed by atoms with van der Waals surface area (Å²) in [6, 6.07) is 5.15. The van der Waals surface area contributed by atoms with Crippen molar-refractivity contribution in [1.82, 2.24) is 9.78 Å². The summed E-state index contributed by atoms with van der Waals surface area (Å²) >= 11 is 15.2. The molecule has 0 aliphatic carbocycles. The molecule has 0 fully saturated rings. The SMILES string of the molecule is Cn1cc(Br)c(C=NNc2ccc(Cl)cc2Cl)n1. The number of aryl methyl sites for hydroxylation is 1. The summed E-state index contributed by atoms with van der Waals surface area (Å²) in [5, 5.41) is 9.37. The number of rotatable bonds is 3. The van der Waals surface area contributed by atoms with E-state index in [0.29, 0.717) is 15.7 Å². The maximum atomic E-state index is 6.00. The molecule has 0 aliphatic heterocycles. The van der Waals surface area contributed by atoms with Gasteiger partial charge < -0.3 is 0 Å². The van der Waals surface area contributed by atoms with Crippen LogP contribution in [-0.4, -0.2) is 16.0 Å². The summed E-state index contributed by atoms with van der Waals surface area (Å²) in [4.78, 5) is 0. The Bertz CT molecular complexity index is 595. The van der Waals surface area contributed by atoms with Crippen molar-refractivity contribution in [3.63, 3.8) is 0 Å². The van der Waals surface area contributed by atoms with Crippen LogP contribution in [0.1, 0.15) is 5.69 Å². The van der Waals surface area contributed by atoms with Crippen molar-refractivity contribution < 1.29 is 0 Å². The Balaban J connectivity index is 2.09. The predicted molar refractivity (Wildman–Crippen MR) is 78.6 cm³/mol. The number of hydrogen-bond acceptors (Lipinski definition) is 3. The highest BCUT2D eigenvalue weighted by atomic mass is 79.9. The highest BCUT2D eigenvalue weighted by Crippen LogP contribution is 2.25. The van der Waals surface area contributed by atoms with Gasteiger partial charge in [0, 0.05) is 18.3 Å². The van der Waals surface area contributed by atoms with Gasteiger partial charge in [-0.3, -0.25) is 10.1 Å². The second kappa shape index (κ2) is 5.73. The zero-order chi connectivity index (χ0) is 13.1. The number of benzene rings is 1. The number of hydrazone groups is 1. The summed E-state index contributed by atoms with van der Waals surface area (Å²) in [6.45, 7) is 0. The van der Waals surface area contributed by atoms with E-state index in [-0.39, 0.29) is 0 Å². The van der Waals surface area contributed by atoms with Gasteiger partial charge in [0.2, 0.25) is 0 Å². The first kappa shape index (κ1) is 13.4. The fraction of sp³-hybridized carbons (Fsp3) is 0.0909. The molecule has 1 N–H and O–H groups in total. The molecular formula is C11H9BrCl2N4. The third kappa shape index (κ3) is 3.25. The highest BCUT2D eigenvalue weighted by molar-refractivity contribution is 9.10. The lowest BCUT2D eigenvalue weighted by Gasteiger charge is -2.02. The van der Waals surface area contributed by atoms with Crippen LogP contribution >= 0.6 is 39.1 Å². The molecule has 2 aromatic rings. The van der Waals surface area contributed by atoms with Gasteiger partial charge in [-0.2, -0.15) is 10.2 Å². The average Bonchev–Trinajstić information content (AvgIpc) is 2.61.